The summed E-state index contributed by atoms with van der Waals surface area (Å²) in [7, 11) is 0. The van der Waals surface area contributed by atoms with Crippen molar-refractivity contribution in [1.29, 1.82) is 0 Å². The number of hydrogen-bond donors (Lipinski definition) is 10. The lowest BCUT2D eigenvalue weighted by atomic mass is 10.1. The second-order valence-electron chi connectivity index (χ2n) is 8.48. The molecule has 0 aliphatic heterocycles. The summed E-state index contributed by atoms with van der Waals surface area (Å²) >= 11 is 0. The molecule has 0 aromatic carbocycles. The molecule has 0 saturated carbocycles. The van der Waals surface area contributed by atoms with Gasteiger partial charge in [0.25, 0.3) is 0 Å². The van der Waals surface area contributed by atoms with Crippen molar-refractivity contribution in [3.63, 3.8) is 0 Å². The largest absolute Gasteiger partial charge is 0.480 e. The molecule has 0 rings (SSSR count). The fourth-order valence-corrected chi connectivity index (χ4v) is 3.13. The Bertz CT molecular complexity index is 798. The molecule has 16 nitrogen and oxygen atoms in total. The fourth-order valence-electron chi connectivity index (χ4n) is 3.13. The number of carbonyl (C=O) groups is 4. The first-order valence-corrected chi connectivity index (χ1v) is 12.1. The number of aliphatic imine (C=N–C) groups is 2. The number of carboxylic acids is 1. The van der Waals surface area contributed by atoms with Gasteiger partial charge in [-0.2, -0.15) is 0 Å². The number of carboxylic acid groups (broad SMARTS) is 1. The number of nitrogens with one attached hydrogen (secondary N) is 3. The summed E-state index contributed by atoms with van der Waals surface area (Å²) in [6.45, 7) is 2.29. The highest BCUT2D eigenvalue weighted by Gasteiger charge is 2.28. The molecular weight excluding hydrogens is 486 g/mol. The van der Waals surface area contributed by atoms with Crippen LogP contribution in [0.4, 0.5) is 0 Å². The number of nitrogens with two attached hydrogens (primary N) is 6. The van der Waals surface area contributed by atoms with E-state index in [2.05, 4.69) is 25.9 Å². The van der Waals surface area contributed by atoms with E-state index in [4.69, 9.17) is 34.4 Å². The maximum atomic E-state index is 12.9. The second kappa shape index (κ2) is 18.6. The summed E-state index contributed by atoms with van der Waals surface area (Å²) in [5.74, 6) is -3.36. The summed E-state index contributed by atoms with van der Waals surface area (Å²) in [6, 6.07) is -4.16. The minimum Gasteiger partial charge on any atom is -0.480 e. The molecule has 0 aliphatic rings. The Morgan fingerprint density at radius 3 is 1.73 bits per heavy atom. The number of carbonyl (C=O) groups excluding carboxylic acids is 3. The summed E-state index contributed by atoms with van der Waals surface area (Å²) in [6.07, 6.45) is 2.66. The van der Waals surface area contributed by atoms with Crippen LogP contribution in [0, 0.1) is 0 Å². The smallest absolute Gasteiger partial charge is 0.326 e. The van der Waals surface area contributed by atoms with Crippen LogP contribution in [0.15, 0.2) is 9.98 Å². The van der Waals surface area contributed by atoms with Gasteiger partial charge in [0, 0.05) is 13.1 Å². The van der Waals surface area contributed by atoms with E-state index in [1.165, 1.54) is 6.92 Å². The van der Waals surface area contributed by atoms with Crippen LogP contribution in [0.3, 0.4) is 0 Å². The number of rotatable bonds is 19. The van der Waals surface area contributed by atoms with Crippen LogP contribution in [0.2, 0.25) is 0 Å². The van der Waals surface area contributed by atoms with Crippen molar-refractivity contribution in [3.8, 4) is 0 Å². The Morgan fingerprint density at radius 1 is 0.730 bits per heavy atom. The van der Waals surface area contributed by atoms with Gasteiger partial charge in [0.2, 0.25) is 17.7 Å². The van der Waals surface area contributed by atoms with Crippen molar-refractivity contribution in [2.45, 2.75) is 76.0 Å². The fraction of sp³-hybridized carbons (Fsp3) is 0.714. The zero-order valence-electron chi connectivity index (χ0n) is 21.3. The van der Waals surface area contributed by atoms with Crippen LogP contribution >= 0.6 is 0 Å². The number of guanidine groups is 2. The minimum absolute atomic E-state index is 0.0735. The van der Waals surface area contributed by atoms with Gasteiger partial charge in [-0.3, -0.25) is 24.4 Å². The molecule has 4 unspecified atom stereocenters. The molecule has 0 saturated heterocycles. The molecule has 0 heterocycles. The minimum atomic E-state index is -1.25. The number of nitrogens with zero attached hydrogens (tertiary/aromatic N) is 2. The third-order valence-electron chi connectivity index (χ3n) is 5.20. The molecule has 4 atom stereocenters. The first kappa shape index (κ1) is 33.3. The molecule has 16 heteroatoms. The molecule has 37 heavy (non-hydrogen) atoms. The SMILES string of the molecule is CC(NC(=O)C(CCCN=C(N)N)NC(=O)C(N)CCCCN)C(=O)NC(CCCN=C(N)N)C(=O)O. The maximum absolute atomic E-state index is 12.9. The van der Waals surface area contributed by atoms with Gasteiger partial charge < -0.3 is 55.5 Å². The van der Waals surface area contributed by atoms with Crippen LogP contribution in [0.5, 0.6) is 0 Å². The van der Waals surface area contributed by atoms with Crippen molar-refractivity contribution < 1.29 is 24.3 Å². The third-order valence-corrected chi connectivity index (χ3v) is 5.20. The van der Waals surface area contributed by atoms with E-state index in [-0.39, 0.29) is 37.9 Å². The predicted molar refractivity (Wildman–Crippen MR) is 140 cm³/mol. The van der Waals surface area contributed by atoms with Crippen LogP contribution in [-0.2, 0) is 19.2 Å². The zero-order chi connectivity index (χ0) is 28.4. The molecular formula is C21H43N11O5. The lowest BCUT2D eigenvalue weighted by molar-refractivity contribution is -0.142. The average Bonchev–Trinajstić information content (AvgIpc) is 2.81. The first-order valence-electron chi connectivity index (χ1n) is 12.1. The molecule has 0 aliphatic carbocycles. The van der Waals surface area contributed by atoms with Gasteiger partial charge in [-0.25, -0.2) is 4.79 Å². The Kier molecular flexibility index (Phi) is 16.7. The number of unbranched alkanes of at least 4 members (excludes halogenated alkanes) is 1. The van der Waals surface area contributed by atoms with E-state index >= 15 is 0 Å². The zero-order valence-corrected chi connectivity index (χ0v) is 21.3. The first-order chi connectivity index (χ1) is 17.4. The standard InChI is InChI=1S/C21H43N11O5/c1-12(16(33)32-15(19(36)37)8-5-11-29-21(26)27)30-18(35)14(7-4-10-28-20(24)25)31-17(34)13(23)6-2-3-9-22/h12-15H,2-11,22-23H2,1H3,(H,30,35)(H,31,34)(H,32,33)(H,36,37)(H4,24,25,28)(H4,26,27,29). The van der Waals surface area contributed by atoms with Crippen molar-refractivity contribution in [2.24, 2.45) is 44.4 Å². The monoisotopic (exact) mass is 529 g/mol. The Balaban J connectivity index is 5.14. The second-order valence-corrected chi connectivity index (χ2v) is 8.48. The molecule has 0 aromatic rings. The van der Waals surface area contributed by atoms with Crippen LogP contribution in [-0.4, -0.2) is 84.5 Å². The van der Waals surface area contributed by atoms with E-state index in [0.29, 0.717) is 38.6 Å². The summed E-state index contributed by atoms with van der Waals surface area (Å²) in [5, 5.41) is 16.9. The van der Waals surface area contributed by atoms with Gasteiger partial charge in [0.05, 0.1) is 6.04 Å². The van der Waals surface area contributed by atoms with E-state index < -0.39 is 47.9 Å². The molecule has 0 aromatic heterocycles. The van der Waals surface area contributed by atoms with Gasteiger partial charge >= 0.3 is 5.97 Å². The lowest BCUT2D eigenvalue weighted by Gasteiger charge is -2.23. The molecule has 0 bridgehead atoms. The number of hydrogen-bond acceptors (Lipinski definition) is 8. The van der Waals surface area contributed by atoms with Crippen LogP contribution < -0.4 is 50.4 Å². The van der Waals surface area contributed by atoms with Crippen molar-refractivity contribution in [2.75, 3.05) is 19.6 Å². The molecule has 0 fully saturated rings. The van der Waals surface area contributed by atoms with Crippen molar-refractivity contribution >= 4 is 35.6 Å². The highest BCUT2D eigenvalue weighted by atomic mass is 16.4. The van der Waals surface area contributed by atoms with E-state index in [1.54, 1.807) is 0 Å². The van der Waals surface area contributed by atoms with E-state index in [1.807, 2.05) is 0 Å². The summed E-state index contributed by atoms with van der Waals surface area (Å²) in [4.78, 5) is 57.1. The highest BCUT2D eigenvalue weighted by Crippen LogP contribution is 2.04. The number of amides is 3. The average molecular weight is 530 g/mol. The molecule has 212 valence electrons. The van der Waals surface area contributed by atoms with Gasteiger partial charge in [-0.05, 0) is 52.0 Å². The van der Waals surface area contributed by atoms with Gasteiger partial charge in [-0.1, -0.05) is 6.42 Å². The predicted octanol–water partition coefficient (Wildman–Crippen LogP) is -3.89. The Hall–Kier alpha value is -3.66. The van der Waals surface area contributed by atoms with Gasteiger partial charge in [0.15, 0.2) is 11.9 Å². The van der Waals surface area contributed by atoms with E-state index in [9.17, 15) is 24.3 Å². The summed E-state index contributed by atoms with van der Waals surface area (Å²) < 4.78 is 0. The quantitative estimate of drug-likeness (QED) is 0.0438. The van der Waals surface area contributed by atoms with Gasteiger partial charge in [0.1, 0.15) is 18.1 Å². The van der Waals surface area contributed by atoms with Crippen molar-refractivity contribution in [3.05, 3.63) is 0 Å². The Morgan fingerprint density at radius 2 is 1.24 bits per heavy atom. The molecule has 0 spiro atoms. The number of aliphatic carboxylic acids is 1. The maximum Gasteiger partial charge on any atom is 0.326 e. The normalized spacial score (nSPS) is 13.8. The van der Waals surface area contributed by atoms with E-state index in [0.717, 1.165) is 0 Å². The van der Waals surface area contributed by atoms with Crippen LogP contribution in [0.1, 0.15) is 51.9 Å². The molecule has 16 N–H and O–H groups in total. The third kappa shape index (κ3) is 15.8. The Labute approximate surface area is 216 Å². The summed E-state index contributed by atoms with van der Waals surface area (Å²) in [5.41, 5.74) is 32.5. The van der Waals surface area contributed by atoms with Crippen LogP contribution in [0.25, 0.3) is 0 Å². The lowest BCUT2D eigenvalue weighted by Crippen LogP contribution is -2.56. The molecule has 3 amide bonds. The highest BCUT2D eigenvalue weighted by molar-refractivity contribution is 5.93. The topological polar surface area (TPSA) is 305 Å². The van der Waals surface area contributed by atoms with Crippen molar-refractivity contribution in [1.82, 2.24) is 16.0 Å². The molecule has 0 radical (unpaired) electrons. The van der Waals surface area contributed by atoms with Gasteiger partial charge in [-0.15, -0.1) is 0 Å².